The van der Waals surface area contributed by atoms with Crippen LogP contribution in [-0.2, 0) is 0 Å². The normalized spacial score (nSPS) is 25.6. The van der Waals surface area contributed by atoms with Gasteiger partial charge in [-0.25, -0.2) is 0 Å². The van der Waals surface area contributed by atoms with E-state index < -0.39 is 0 Å². The van der Waals surface area contributed by atoms with E-state index in [9.17, 15) is 0 Å². The van der Waals surface area contributed by atoms with Crippen LogP contribution >= 0.6 is 11.6 Å². The van der Waals surface area contributed by atoms with Crippen molar-refractivity contribution in [3.8, 4) is 0 Å². The largest absolute Gasteiger partial charge is 0.383 e. The summed E-state index contributed by atoms with van der Waals surface area (Å²) in [4.78, 5) is 3.95. The van der Waals surface area contributed by atoms with Gasteiger partial charge in [0.15, 0.2) is 0 Å². The first-order chi connectivity index (χ1) is 6.75. The molecule has 0 aliphatic heterocycles. The number of hydrogen-bond donors (Lipinski definition) is 1. The Morgan fingerprint density at radius 1 is 1.57 bits per heavy atom. The molecular weight excluding hydrogens is 196 g/mol. The lowest BCUT2D eigenvalue weighted by Gasteiger charge is -2.33. The van der Waals surface area contributed by atoms with Crippen LogP contribution in [0.15, 0.2) is 18.5 Å². The molecule has 0 radical (unpaired) electrons. The molecule has 0 bridgehead atoms. The second-order valence-corrected chi connectivity index (χ2v) is 4.59. The molecule has 1 aromatic rings. The van der Waals surface area contributed by atoms with E-state index in [1.54, 1.807) is 12.4 Å². The molecule has 1 aliphatic carbocycles. The number of halogens is 1. The highest BCUT2D eigenvalue weighted by atomic mass is 35.5. The molecule has 2 nitrogen and oxygen atoms in total. The summed E-state index contributed by atoms with van der Waals surface area (Å²) in [6.45, 7) is 3.34. The molecule has 76 valence electrons. The van der Waals surface area contributed by atoms with E-state index in [0.717, 1.165) is 24.1 Å². The summed E-state index contributed by atoms with van der Waals surface area (Å²) >= 11 is 5.97. The fourth-order valence-corrected chi connectivity index (χ4v) is 2.19. The maximum Gasteiger partial charge on any atom is 0.0820 e. The molecule has 1 N–H and O–H groups in total. The molecule has 0 atom stereocenters. The van der Waals surface area contributed by atoms with Gasteiger partial charge in [-0.1, -0.05) is 18.5 Å². The number of nitrogens with one attached hydrogen (secondary N) is 1. The molecule has 0 saturated heterocycles. The van der Waals surface area contributed by atoms with Gasteiger partial charge < -0.3 is 5.32 Å². The van der Waals surface area contributed by atoms with Gasteiger partial charge in [-0.2, -0.15) is 0 Å². The molecule has 2 rings (SSSR count). The first-order valence-corrected chi connectivity index (χ1v) is 5.47. The summed E-state index contributed by atoms with van der Waals surface area (Å²) in [6, 6.07) is 1.92. The molecule has 1 fully saturated rings. The lowest BCUT2D eigenvalue weighted by molar-refractivity contribution is 0.225. The molecule has 0 aromatic carbocycles. The van der Waals surface area contributed by atoms with Crippen molar-refractivity contribution in [1.29, 1.82) is 0 Å². The second kappa shape index (κ2) is 4.18. The van der Waals surface area contributed by atoms with Gasteiger partial charge in [-0.15, -0.1) is 0 Å². The summed E-state index contributed by atoms with van der Waals surface area (Å²) in [7, 11) is 0. The Hall–Kier alpha value is -0.760. The van der Waals surface area contributed by atoms with Crippen molar-refractivity contribution in [3.63, 3.8) is 0 Å². The average Bonchev–Trinajstić information content (AvgIpc) is 2.13. The van der Waals surface area contributed by atoms with Crippen molar-refractivity contribution in [2.45, 2.75) is 19.8 Å². The highest BCUT2D eigenvalue weighted by molar-refractivity contribution is 6.33. The standard InChI is InChI=1S/C11H15ClN2/c1-8-4-9(5-8)6-14-11-2-3-13-7-10(11)12/h2-3,7-9H,4-6H2,1H3,(H,13,14). The van der Waals surface area contributed by atoms with Gasteiger partial charge in [0.25, 0.3) is 0 Å². The predicted octanol–water partition coefficient (Wildman–Crippen LogP) is 3.19. The molecule has 14 heavy (non-hydrogen) atoms. The van der Waals surface area contributed by atoms with Gasteiger partial charge in [0, 0.05) is 18.9 Å². The minimum absolute atomic E-state index is 0.708. The van der Waals surface area contributed by atoms with Gasteiger partial charge >= 0.3 is 0 Å². The van der Waals surface area contributed by atoms with Crippen LogP contribution in [0.2, 0.25) is 5.02 Å². The van der Waals surface area contributed by atoms with Crippen molar-refractivity contribution in [2.24, 2.45) is 11.8 Å². The van der Waals surface area contributed by atoms with Gasteiger partial charge in [0.2, 0.25) is 0 Å². The van der Waals surface area contributed by atoms with E-state index in [-0.39, 0.29) is 0 Å². The lowest BCUT2D eigenvalue weighted by Crippen LogP contribution is -2.27. The Kier molecular flexibility index (Phi) is 2.92. The monoisotopic (exact) mass is 210 g/mol. The molecule has 0 unspecified atom stereocenters. The maximum absolute atomic E-state index is 5.97. The summed E-state index contributed by atoms with van der Waals surface area (Å²) < 4.78 is 0. The zero-order valence-corrected chi connectivity index (χ0v) is 9.09. The Bertz CT molecular complexity index is 308. The molecule has 1 aliphatic rings. The summed E-state index contributed by atoms with van der Waals surface area (Å²) in [5.74, 6) is 1.74. The van der Waals surface area contributed by atoms with E-state index in [1.807, 2.05) is 6.07 Å². The summed E-state index contributed by atoms with van der Waals surface area (Å²) in [5, 5.41) is 4.07. The third-order valence-electron chi connectivity index (χ3n) is 2.83. The van der Waals surface area contributed by atoms with E-state index >= 15 is 0 Å². The predicted molar refractivity (Wildman–Crippen MR) is 59.6 cm³/mol. The molecule has 0 spiro atoms. The van der Waals surface area contributed by atoms with Crippen molar-refractivity contribution >= 4 is 17.3 Å². The van der Waals surface area contributed by atoms with Crippen LogP contribution < -0.4 is 5.32 Å². The minimum Gasteiger partial charge on any atom is -0.383 e. The van der Waals surface area contributed by atoms with Crippen LogP contribution in [0.5, 0.6) is 0 Å². The average molecular weight is 211 g/mol. The third kappa shape index (κ3) is 2.18. The van der Waals surface area contributed by atoms with Gasteiger partial charge in [0.05, 0.1) is 10.7 Å². The molecule has 3 heteroatoms. The van der Waals surface area contributed by atoms with Gasteiger partial charge in [-0.05, 0) is 30.7 Å². The fraction of sp³-hybridized carbons (Fsp3) is 0.545. The highest BCUT2D eigenvalue weighted by Crippen LogP contribution is 2.33. The molecule has 1 saturated carbocycles. The van der Waals surface area contributed by atoms with Crippen molar-refractivity contribution < 1.29 is 0 Å². The van der Waals surface area contributed by atoms with Gasteiger partial charge in [0.1, 0.15) is 0 Å². The summed E-state index contributed by atoms with van der Waals surface area (Å²) in [5.41, 5.74) is 1.00. The second-order valence-electron chi connectivity index (χ2n) is 4.18. The van der Waals surface area contributed by atoms with Crippen LogP contribution in [0.3, 0.4) is 0 Å². The number of aromatic nitrogens is 1. The fourth-order valence-electron chi connectivity index (χ4n) is 2.01. The van der Waals surface area contributed by atoms with E-state index in [1.165, 1.54) is 12.8 Å². The Morgan fingerprint density at radius 2 is 2.36 bits per heavy atom. The van der Waals surface area contributed by atoms with Crippen LogP contribution in [0.1, 0.15) is 19.8 Å². The number of anilines is 1. The quantitative estimate of drug-likeness (QED) is 0.829. The Labute approximate surface area is 89.7 Å². The van der Waals surface area contributed by atoms with Crippen molar-refractivity contribution in [2.75, 3.05) is 11.9 Å². The first kappa shape index (κ1) is 9.78. The highest BCUT2D eigenvalue weighted by Gasteiger charge is 2.24. The smallest absolute Gasteiger partial charge is 0.0820 e. The Morgan fingerprint density at radius 3 is 3.00 bits per heavy atom. The number of nitrogens with zero attached hydrogens (tertiary/aromatic N) is 1. The van der Waals surface area contributed by atoms with Crippen LogP contribution in [-0.4, -0.2) is 11.5 Å². The third-order valence-corrected chi connectivity index (χ3v) is 3.13. The Balaban J connectivity index is 1.83. The molecule has 0 amide bonds. The van der Waals surface area contributed by atoms with Gasteiger partial charge in [-0.3, -0.25) is 4.98 Å². The van der Waals surface area contributed by atoms with E-state index in [0.29, 0.717) is 5.02 Å². The molecule has 1 heterocycles. The number of hydrogen-bond acceptors (Lipinski definition) is 2. The van der Waals surface area contributed by atoms with Crippen LogP contribution in [0.4, 0.5) is 5.69 Å². The minimum atomic E-state index is 0.708. The topological polar surface area (TPSA) is 24.9 Å². The molecule has 1 aromatic heterocycles. The van der Waals surface area contributed by atoms with Crippen LogP contribution in [0, 0.1) is 11.8 Å². The van der Waals surface area contributed by atoms with Crippen molar-refractivity contribution in [1.82, 2.24) is 4.98 Å². The van der Waals surface area contributed by atoms with E-state index in [4.69, 9.17) is 11.6 Å². The molecular formula is C11H15ClN2. The van der Waals surface area contributed by atoms with E-state index in [2.05, 4.69) is 17.2 Å². The van der Waals surface area contributed by atoms with Crippen molar-refractivity contribution in [3.05, 3.63) is 23.5 Å². The SMILES string of the molecule is CC1CC(CNc2ccncc2Cl)C1. The lowest BCUT2D eigenvalue weighted by atomic mass is 9.76. The number of pyridine rings is 1. The maximum atomic E-state index is 5.97. The zero-order chi connectivity index (χ0) is 9.97. The first-order valence-electron chi connectivity index (χ1n) is 5.09. The zero-order valence-electron chi connectivity index (χ0n) is 8.33. The number of rotatable bonds is 3. The summed E-state index contributed by atoms with van der Waals surface area (Å²) in [6.07, 6.45) is 6.12. The van der Waals surface area contributed by atoms with Crippen LogP contribution in [0.25, 0.3) is 0 Å².